The van der Waals surface area contributed by atoms with Crippen LogP contribution in [0.25, 0.3) is 0 Å². The van der Waals surface area contributed by atoms with Gasteiger partial charge in [-0.15, -0.1) is 0 Å². The smallest absolute Gasteiger partial charge is 0.410 e. The summed E-state index contributed by atoms with van der Waals surface area (Å²) >= 11 is 0. The van der Waals surface area contributed by atoms with Crippen molar-refractivity contribution in [2.75, 3.05) is 0 Å². The van der Waals surface area contributed by atoms with Crippen molar-refractivity contribution in [3.05, 3.63) is 0 Å². The Kier molecular flexibility index (Phi) is 3.75. The highest BCUT2D eigenvalue weighted by Gasteiger charge is 2.51. The molecule has 2 saturated heterocycles. The fourth-order valence-corrected chi connectivity index (χ4v) is 2.92. The minimum absolute atomic E-state index is 0.106. The van der Waals surface area contributed by atoms with Gasteiger partial charge in [-0.25, -0.2) is 4.79 Å². The maximum Gasteiger partial charge on any atom is 0.410 e. The van der Waals surface area contributed by atoms with Crippen LogP contribution in [0.2, 0.25) is 0 Å². The van der Waals surface area contributed by atoms with Crippen LogP contribution in [0.3, 0.4) is 0 Å². The number of fused-ring (bicyclic) bond motifs is 2. The third kappa shape index (κ3) is 3.11. The van der Waals surface area contributed by atoms with Crippen molar-refractivity contribution in [3.8, 4) is 0 Å². The first kappa shape index (κ1) is 14.8. The Labute approximate surface area is 118 Å². The van der Waals surface area contributed by atoms with E-state index < -0.39 is 17.8 Å². The van der Waals surface area contributed by atoms with Crippen LogP contribution in [0, 0.1) is 0 Å². The zero-order chi connectivity index (χ0) is 15.1. The van der Waals surface area contributed by atoms with Crippen molar-refractivity contribution in [2.24, 2.45) is 0 Å². The molecule has 0 spiro atoms. The van der Waals surface area contributed by atoms with Crippen molar-refractivity contribution < 1.29 is 23.9 Å². The van der Waals surface area contributed by atoms with Crippen molar-refractivity contribution in [2.45, 2.75) is 70.7 Å². The molecule has 0 aromatic carbocycles. The van der Waals surface area contributed by atoms with Crippen LogP contribution < -0.4 is 0 Å². The maximum atomic E-state index is 12.3. The molecule has 2 aliphatic rings. The van der Waals surface area contributed by atoms with Gasteiger partial charge >= 0.3 is 12.1 Å². The van der Waals surface area contributed by atoms with Crippen LogP contribution in [0.4, 0.5) is 4.79 Å². The van der Waals surface area contributed by atoms with E-state index in [1.165, 1.54) is 6.92 Å². The van der Waals surface area contributed by atoms with E-state index in [9.17, 15) is 14.4 Å². The van der Waals surface area contributed by atoms with E-state index in [0.717, 1.165) is 0 Å². The third-order valence-electron chi connectivity index (χ3n) is 3.51. The highest BCUT2D eigenvalue weighted by molar-refractivity contribution is 5.84. The van der Waals surface area contributed by atoms with Crippen LogP contribution >= 0.6 is 0 Å². The van der Waals surface area contributed by atoms with Crippen LogP contribution in [0.1, 0.15) is 47.0 Å². The fourth-order valence-electron chi connectivity index (χ4n) is 2.92. The Morgan fingerprint density at radius 2 is 1.90 bits per heavy atom. The first-order valence-electron chi connectivity index (χ1n) is 6.87. The number of hydrogen-bond donors (Lipinski definition) is 0. The lowest BCUT2D eigenvalue weighted by molar-refractivity contribution is -0.148. The number of nitrogens with zero attached hydrogens (tertiary/aromatic N) is 1. The van der Waals surface area contributed by atoms with Crippen molar-refractivity contribution in [3.63, 3.8) is 0 Å². The van der Waals surface area contributed by atoms with Gasteiger partial charge in [0, 0.05) is 32.2 Å². The summed E-state index contributed by atoms with van der Waals surface area (Å²) in [4.78, 5) is 36.7. The molecule has 0 aromatic rings. The molecule has 0 N–H and O–H groups in total. The van der Waals surface area contributed by atoms with Gasteiger partial charge in [0.15, 0.2) is 0 Å². The predicted molar refractivity (Wildman–Crippen MR) is 70.1 cm³/mol. The predicted octanol–water partition coefficient (Wildman–Crippen LogP) is 1.66. The summed E-state index contributed by atoms with van der Waals surface area (Å²) in [6.45, 7) is 6.73. The van der Waals surface area contributed by atoms with Gasteiger partial charge in [-0.1, -0.05) is 0 Å². The normalized spacial score (nSPS) is 29.3. The zero-order valence-corrected chi connectivity index (χ0v) is 12.3. The topological polar surface area (TPSA) is 72.9 Å². The van der Waals surface area contributed by atoms with Gasteiger partial charge in [0.25, 0.3) is 0 Å². The summed E-state index contributed by atoms with van der Waals surface area (Å²) < 4.78 is 10.6. The molecule has 6 heteroatoms. The number of piperidine rings is 1. The molecule has 2 fully saturated rings. The largest absolute Gasteiger partial charge is 0.460 e. The molecule has 2 heterocycles. The number of esters is 1. The lowest BCUT2D eigenvalue weighted by Crippen LogP contribution is -2.50. The highest BCUT2D eigenvalue weighted by atomic mass is 16.6. The third-order valence-corrected chi connectivity index (χ3v) is 3.51. The molecule has 0 radical (unpaired) electrons. The number of rotatable bonds is 1. The maximum absolute atomic E-state index is 12.3. The highest BCUT2D eigenvalue weighted by Crippen LogP contribution is 2.37. The van der Waals surface area contributed by atoms with E-state index in [1.807, 2.05) is 0 Å². The number of Topliss-reactive ketones (excluding diaryl/α,β-unsaturated/α-hetero) is 1. The molecule has 6 nitrogen and oxygen atoms in total. The minimum atomic E-state index is -0.588. The van der Waals surface area contributed by atoms with Gasteiger partial charge in [-0.2, -0.15) is 0 Å². The molecule has 0 aromatic heterocycles. The molecule has 0 unspecified atom stereocenters. The second-order valence-corrected chi connectivity index (χ2v) is 6.44. The molecular weight excluding hydrogens is 262 g/mol. The summed E-state index contributed by atoms with van der Waals surface area (Å²) in [5, 5.41) is 0. The number of amides is 1. The number of carbonyl (C=O) groups is 3. The first-order chi connectivity index (χ1) is 9.17. The van der Waals surface area contributed by atoms with Crippen LogP contribution in [-0.4, -0.2) is 46.5 Å². The first-order valence-corrected chi connectivity index (χ1v) is 6.87. The number of ketones is 1. The van der Waals surface area contributed by atoms with Crippen molar-refractivity contribution in [1.29, 1.82) is 0 Å². The second kappa shape index (κ2) is 5.07. The van der Waals surface area contributed by atoms with Gasteiger partial charge in [0.05, 0.1) is 6.04 Å². The molecule has 2 rings (SSSR count). The van der Waals surface area contributed by atoms with Gasteiger partial charge in [0.2, 0.25) is 0 Å². The summed E-state index contributed by atoms with van der Waals surface area (Å²) in [6, 6.07) is -0.611. The molecule has 2 aliphatic heterocycles. The fraction of sp³-hybridized carbons (Fsp3) is 0.786. The zero-order valence-electron chi connectivity index (χ0n) is 12.3. The Bertz CT molecular complexity index is 439. The molecule has 0 saturated carbocycles. The average molecular weight is 283 g/mol. The standard InChI is InChI=1S/C14H21NO5/c1-8(16)19-12-6-9-5-10(17)7-11(12)15(9)13(18)20-14(2,3)4/h9,11-12H,5-7H2,1-4H3/t9-,11+,12-/m0/s1. The summed E-state index contributed by atoms with van der Waals surface area (Å²) in [7, 11) is 0. The lowest BCUT2D eigenvalue weighted by Gasteiger charge is -2.35. The number of carbonyl (C=O) groups excluding carboxylic acids is 3. The molecule has 1 amide bonds. The molecule has 20 heavy (non-hydrogen) atoms. The number of ether oxygens (including phenoxy) is 2. The molecule has 0 aliphatic carbocycles. The van der Waals surface area contributed by atoms with E-state index in [4.69, 9.17) is 9.47 Å². The molecule has 3 atom stereocenters. The average Bonchev–Trinajstić information content (AvgIpc) is 2.44. The van der Waals surface area contributed by atoms with Crippen LogP contribution in [0.5, 0.6) is 0 Å². The van der Waals surface area contributed by atoms with Gasteiger partial charge in [-0.3, -0.25) is 14.5 Å². The van der Waals surface area contributed by atoms with Gasteiger partial charge in [0.1, 0.15) is 17.5 Å². The van der Waals surface area contributed by atoms with Gasteiger partial charge < -0.3 is 9.47 Å². The monoisotopic (exact) mass is 283 g/mol. The summed E-state index contributed by atoms with van der Waals surface area (Å²) in [5.41, 5.74) is -0.588. The molecule has 112 valence electrons. The Morgan fingerprint density at radius 1 is 1.25 bits per heavy atom. The lowest BCUT2D eigenvalue weighted by atomic mass is 10.0. The SMILES string of the molecule is CC(=O)O[C@H]1C[C@@H]2CC(=O)C[C@H]1N2C(=O)OC(C)(C)C. The van der Waals surface area contributed by atoms with Crippen molar-refractivity contribution >= 4 is 17.8 Å². The van der Waals surface area contributed by atoms with E-state index in [2.05, 4.69) is 0 Å². The second-order valence-electron chi connectivity index (χ2n) is 6.44. The van der Waals surface area contributed by atoms with E-state index in [0.29, 0.717) is 12.8 Å². The molecular formula is C14H21NO5. The summed E-state index contributed by atoms with van der Waals surface area (Å²) in [5.74, 6) is -0.284. The van der Waals surface area contributed by atoms with Crippen LogP contribution in [-0.2, 0) is 19.1 Å². The Morgan fingerprint density at radius 3 is 2.45 bits per heavy atom. The van der Waals surface area contributed by atoms with E-state index in [1.54, 1.807) is 25.7 Å². The Balaban J connectivity index is 2.15. The van der Waals surface area contributed by atoms with E-state index >= 15 is 0 Å². The Hall–Kier alpha value is -1.59. The van der Waals surface area contributed by atoms with Crippen molar-refractivity contribution in [1.82, 2.24) is 4.90 Å². The number of hydrogen-bond acceptors (Lipinski definition) is 5. The van der Waals surface area contributed by atoms with E-state index in [-0.39, 0.29) is 30.3 Å². The van der Waals surface area contributed by atoms with Gasteiger partial charge in [-0.05, 0) is 20.8 Å². The minimum Gasteiger partial charge on any atom is -0.460 e. The summed E-state index contributed by atoms with van der Waals surface area (Å²) in [6.07, 6.45) is 0.210. The van der Waals surface area contributed by atoms with Crippen LogP contribution in [0.15, 0.2) is 0 Å². The molecule has 2 bridgehead atoms. The quantitative estimate of drug-likeness (QED) is 0.684.